The molecule has 25 heavy (non-hydrogen) atoms. The Balaban J connectivity index is 1.71. The molecule has 1 fully saturated rings. The van der Waals surface area contributed by atoms with Crippen molar-refractivity contribution >= 4 is 5.91 Å². The first-order valence-electron chi connectivity index (χ1n) is 8.37. The van der Waals surface area contributed by atoms with Gasteiger partial charge in [-0.15, -0.1) is 0 Å². The molecule has 5 nitrogen and oxygen atoms in total. The van der Waals surface area contributed by atoms with Gasteiger partial charge in [-0.25, -0.2) is 0 Å². The Kier molecular flexibility index (Phi) is 5.56. The van der Waals surface area contributed by atoms with E-state index in [2.05, 4.69) is 12.1 Å². The molecule has 0 spiro atoms. The summed E-state index contributed by atoms with van der Waals surface area (Å²) in [4.78, 5) is 14.7. The summed E-state index contributed by atoms with van der Waals surface area (Å²) in [7, 11) is 3.15. The molecule has 2 aromatic rings. The van der Waals surface area contributed by atoms with Crippen LogP contribution in [-0.4, -0.2) is 50.8 Å². The van der Waals surface area contributed by atoms with Crippen molar-refractivity contribution in [3.05, 3.63) is 59.7 Å². The van der Waals surface area contributed by atoms with Gasteiger partial charge < -0.3 is 19.1 Å². The van der Waals surface area contributed by atoms with Crippen molar-refractivity contribution in [3.8, 4) is 11.5 Å². The molecule has 0 aliphatic carbocycles. The quantitative estimate of drug-likeness (QED) is 0.839. The number of amides is 1. The normalized spacial score (nSPS) is 17.2. The predicted octanol–water partition coefficient (Wildman–Crippen LogP) is 2.79. The van der Waals surface area contributed by atoms with Crippen LogP contribution in [0.4, 0.5) is 0 Å². The molecule has 1 heterocycles. The van der Waals surface area contributed by atoms with Crippen molar-refractivity contribution in [2.24, 2.45) is 0 Å². The van der Waals surface area contributed by atoms with Crippen LogP contribution in [0.2, 0.25) is 0 Å². The minimum Gasteiger partial charge on any atom is -0.497 e. The second-order valence-corrected chi connectivity index (χ2v) is 6.04. The first-order chi connectivity index (χ1) is 12.2. The van der Waals surface area contributed by atoms with Crippen LogP contribution in [-0.2, 0) is 11.2 Å². The van der Waals surface area contributed by atoms with Crippen LogP contribution in [0.1, 0.15) is 15.9 Å². The number of hydrogen-bond acceptors (Lipinski definition) is 4. The van der Waals surface area contributed by atoms with Crippen LogP contribution in [0.15, 0.2) is 48.5 Å². The van der Waals surface area contributed by atoms with Gasteiger partial charge in [0.1, 0.15) is 11.5 Å². The Morgan fingerprint density at radius 1 is 1.12 bits per heavy atom. The lowest BCUT2D eigenvalue weighted by Gasteiger charge is -2.33. The van der Waals surface area contributed by atoms with Crippen molar-refractivity contribution in [2.75, 3.05) is 33.9 Å². The van der Waals surface area contributed by atoms with E-state index in [0.717, 1.165) is 6.42 Å². The molecule has 1 aliphatic heterocycles. The number of nitrogens with zero attached hydrogens (tertiary/aromatic N) is 1. The van der Waals surface area contributed by atoms with Crippen molar-refractivity contribution in [1.29, 1.82) is 0 Å². The van der Waals surface area contributed by atoms with Crippen molar-refractivity contribution in [3.63, 3.8) is 0 Å². The van der Waals surface area contributed by atoms with Crippen LogP contribution in [0.3, 0.4) is 0 Å². The molecule has 0 aromatic heterocycles. The third-order valence-electron chi connectivity index (χ3n) is 4.33. The standard InChI is InChI=1S/C20H23NO4/c1-23-17-11-16(12-18(13-17)24-2)20(22)21-8-9-25-19(14-21)10-15-6-4-3-5-7-15/h3-7,11-13,19H,8-10,14H2,1-2H3. The fourth-order valence-electron chi connectivity index (χ4n) is 3.02. The number of ether oxygens (including phenoxy) is 3. The first kappa shape index (κ1) is 17.3. The maximum Gasteiger partial charge on any atom is 0.254 e. The molecule has 1 atom stereocenters. The van der Waals surface area contributed by atoms with Gasteiger partial charge in [0.25, 0.3) is 5.91 Å². The Morgan fingerprint density at radius 3 is 2.44 bits per heavy atom. The number of rotatable bonds is 5. The molecule has 1 saturated heterocycles. The van der Waals surface area contributed by atoms with E-state index in [-0.39, 0.29) is 12.0 Å². The molecule has 1 aliphatic rings. The highest BCUT2D eigenvalue weighted by molar-refractivity contribution is 5.95. The van der Waals surface area contributed by atoms with E-state index < -0.39 is 0 Å². The minimum atomic E-state index is -0.0291. The molecule has 1 amide bonds. The lowest BCUT2D eigenvalue weighted by atomic mass is 10.1. The second-order valence-electron chi connectivity index (χ2n) is 6.04. The molecule has 0 N–H and O–H groups in total. The van der Waals surface area contributed by atoms with Gasteiger partial charge >= 0.3 is 0 Å². The highest BCUT2D eigenvalue weighted by Gasteiger charge is 2.26. The van der Waals surface area contributed by atoms with Gasteiger partial charge in [0.05, 0.1) is 26.9 Å². The smallest absolute Gasteiger partial charge is 0.254 e. The molecule has 0 bridgehead atoms. The third-order valence-corrected chi connectivity index (χ3v) is 4.33. The fraction of sp³-hybridized carbons (Fsp3) is 0.350. The van der Waals surface area contributed by atoms with E-state index in [0.29, 0.717) is 36.8 Å². The first-order valence-corrected chi connectivity index (χ1v) is 8.37. The van der Waals surface area contributed by atoms with E-state index in [1.807, 2.05) is 23.1 Å². The van der Waals surface area contributed by atoms with E-state index >= 15 is 0 Å². The number of carbonyl (C=O) groups excluding carboxylic acids is 1. The topological polar surface area (TPSA) is 48.0 Å². The van der Waals surface area contributed by atoms with Crippen molar-refractivity contribution in [2.45, 2.75) is 12.5 Å². The van der Waals surface area contributed by atoms with Crippen LogP contribution in [0, 0.1) is 0 Å². The highest BCUT2D eigenvalue weighted by Crippen LogP contribution is 2.24. The molecule has 3 rings (SSSR count). The molecule has 5 heteroatoms. The summed E-state index contributed by atoms with van der Waals surface area (Å²) >= 11 is 0. The van der Waals surface area contributed by atoms with Gasteiger partial charge in [-0.05, 0) is 17.7 Å². The second kappa shape index (κ2) is 8.03. The summed E-state index contributed by atoms with van der Waals surface area (Å²) in [6.45, 7) is 1.71. The Bertz CT molecular complexity index is 695. The fourth-order valence-corrected chi connectivity index (χ4v) is 3.02. The average molecular weight is 341 g/mol. The van der Waals surface area contributed by atoms with Crippen LogP contribution >= 0.6 is 0 Å². The van der Waals surface area contributed by atoms with Gasteiger partial charge in [0.15, 0.2) is 0 Å². The predicted molar refractivity (Wildman–Crippen MR) is 95.3 cm³/mol. The molecular weight excluding hydrogens is 318 g/mol. The van der Waals surface area contributed by atoms with Gasteiger partial charge in [-0.3, -0.25) is 4.79 Å². The monoisotopic (exact) mass is 341 g/mol. The number of methoxy groups -OCH3 is 2. The largest absolute Gasteiger partial charge is 0.497 e. The molecule has 0 saturated carbocycles. The Labute approximate surface area is 148 Å². The van der Waals surface area contributed by atoms with Crippen LogP contribution < -0.4 is 9.47 Å². The van der Waals surface area contributed by atoms with E-state index in [4.69, 9.17) is 14.2 Å². The number of benzene rings is 2. The lowest BCUT2D eigenvalue weighted by Crippen LogP contribution is -2.46. The van der Waals surface area contributed by atoms with Gasteiger partial charge in [-0.2, -0.15) is 0 Å². The molecule has 0 radical (unpaired) electrons. The van der Waals surface area contributed by atoms with Crippen LogP contribution in [0.5, 0.6) is 11.5 Å². The Hall–Kier alpha value is -2.53. The lowest BCUT2D eigenvalue weighted by molar-refractivity contribution is -0.0208. The number of carbonyl (C=O) groups is 1. The van der Waals surface area contributed by atoms with E-state index in [9.17, 15) is 4.79 Å². The molecular formula is C20H23NO4. The zero-order chi connectivity index (χ0) is 17.6. The van der Waals surface area contributed by atoms with Crippen molar-refractivity contribution in [1.82, 2.24) is 4.90 Å². The zero-order valence-electron chi connectivity index (χ0n) is 14.6. The highest BCUT2D eigenvalue weighted by atomic mass is 16.5. The van der Waals surface area contributed by atoms with Gasteiger partial charge in [0.2, 0.25) is 0 Å². The summed E-state index contributed by atoms with van der Waals surface area (Å²) in [5, 5.41) is 0. The summed E-state index contributed by atoms with van der Waals surface area (Å²) in [5.74, 6) is 1.19. The van der Waals surface area contributed by atoms with Crippen LogP contribution in [0.25, 0.3) is 0 Å². The molecule has 1 unspecified atom stereocenters. The SMILES string of the molecule is COc1cc(OC)cc(C(=O)N2CCOC(Cc3ccccc3)C2)c1. The maximum atomic E-state index is 12.9. The van der Waals surface area contributed by atoms with E-state index in [1.54, 1.807) is 32.4 Å². The van der Waals surface area contributed by atoms with E-state index in [1.165, 1.54) is 5.56 Å². The summed E-state index contributed by atoms with van der Waals surface area (Å²) in [6, 6.07) is 15.4. The minimum absolute atomic E-state index is 0.00704. The average Bonchev–Trinajstić information content (AvgIpc) is 2.68. The van der Waals surface area contributed by atoms with Crippen molar-refractivity contribution < 1.29 is 19.0 Å². The van der Waals surface area contributed by atoms with Gasteiger partial charge in [-0.1, -0.05) is 30.3 Å². The Morgan fingerprint density at radius 2 is 1.80 bits per heavy atom. The summed E-state index contributed by atoms with van der Waals surface area (Å²) < 4.78 is 16.4. The maximum absolute atomic E-state index is 12.9. The van der Waals surface area contributed by atoms with Gasteiger partial charge in [0, 0.05) is 31.1 Å². The molecule has 2 aromatic carbocycles. The number of hydrogen-bond donors (Lipinski definition) is 0. The third kappa shape index (κ3) is 4.31. The summed E-state index contributed by atoms with van der Waals surface area (Å²) in [6.07, 6.45) is 0.805. The summed E-state index contributed by atoms with van der Waals surface area (Å²) in [5.41, 5.74) is 1.78. The number of morpholine rings is 1. The zero-order valence-corrected chi connectivity index (χ0v) is 14.6. The molecule has 132 valence electrons.